The average molecular weight is 757 g/mol. The number of aromatic amines is 4. The predicted octanol–water partition coefficient (Wildman–Crippen LogP) is 8.02. The van der Waals surface area contributed by atoms with E-state index in [-0.39, 0.29) is 23.7 Å². The van der Waals surface area contributed by atoms with Crippen LogP contribution in [0.1, 0.15) is 86.2 Å². The van der Waals surface area contributed by atoms with E-state index >= 15 is 0 Å². The van der Waals surface area contributed by atoms with Gasteiger partial charge in [-0.15, -0.1) is 0 Å². The third-order valence-electron chi connectivity index (χ3n) is 9.64. The molecule has 0 bridgehead atoms. The van der Waals surface area contributed by atoms with Crippen molar-refractivity contribution in [3.05, 3.63) is 108 Å². The van der Waals surface area contributed by atoms with E-state index in [1.807, 2.05) is 74.8 Å². The third kappa shape index (κ3) is 7.80. The molecule has 2 saturated carbocycles. The van der Waals surface area contributed by atoms with Crippen LogP contribution in [0.25, 0.3) is 22.1 Å². The lowest BCUT2D eigenvalue weighted by atomic mass is 10.2. The molecule has 0 radical (unpaired) electrons. The first-order valence-corrected chi connectivity index (χ1v) is 18.4. The topological polar surface area (TPSA) is 214 Å². The fraction of sp³-hybridized carbons (Fsp3) is 0.263. The zero-order valence-corrected chi connectivity index (χ0v) is 30.4. The predicted molar refractivity (Wildman–Crippen MR) is 208 cm³/mol. The summed E-state index contributed by atoms with van der Waals surface area (Å²) in [5, 5.41) is 26.5. The molecule has 0 saturated heterocycles. The molecule has 10 rings (SSSR count). The summed E-state index contributed by atoms with van der Waals surface area (Å²) < 4.78 is 28.3. The fourth-order valence-electron chi connectivity index (χ4n) is 6.22. The Balaban J connectivity index is 0.000000146. The van der Waals surface area contributed by atoms with Crippen LogP contribution < -0.4 is 21.3 Å². The first-order valence-electron chi connectivity index (χ1n) is 18.4. The van der Waals surface area contributed by atoms with Crippen LogP contribution in [0.4, 0.5) is 43.9 Å². The van der Waals surface area contributed by atoms with Gasteiger partial charge in [-0.2, -0.15) is 20.2 Å². The molecule has 2 aliphatic rings. The second-order valence-electron chi connectivity index (χ2n) is 14.0. The molecule has 0 unspecified atom stereocenters. The number of pyridine rings is 2. The number of anilines is 6. The average Bonchev–Trinajstić information content (AvgIpc) is 3.98. The van der Waals surface area contributed by atoms with Gasteiger partial charge < -0.3 is 31.2 Å². The van der Waals surface area contributed by atoms with Crippen LogP contribution in [0.5, 0.6) is 0 Å². The van der Waals surface area contributed by atoms with Gasteiger partial charge in [0.2, 0.25) is 11.9 Å². The molecule has 0 amide bonds. The van der Waals surface area contributed by atoms with Gasteiger partial charge in [-0.3, -0.25) is 10.2 Å². The maximum Gasteiger partial charge on any atom is 0.225 e. The Labute approximate surface area is 318 Å². The quantitative estimate of drug-likeness (QED) is 0.0595. The standard InChI is InChI=1S/2C19H19FN8/c2*1-10(13-4-5-14-15(24-13)6-7-21-14)23-19-22-9-12(20)18(26-19)25-17-8-16(27-28-17)11-2-3-11/h2*4-11,21H,2-3H2,1H3,(H3,22,23,25,26,27,28)/t2*10-/m10/s1. The molecule has 8 heterocycles. The lowest BCUT2D eigenvalue weighted by molar-refractivity contribution is 0.618. The largest absolute Gasteiger partial charge is 0.360 e. The van der Waals surface area contributed by atoms with E-state index in [1.165, 1.54) is 0 Å². The van der Waals surface area contributed by atoms with E-state index in [0.717, 1.165) is 82.9 Å². The molecule has 2 fully saturated rings. The summed E-state index contributed by atoms with van der Waals surface area (Å²) in [6.07, 6.45) is 10.6. The molecule has 2 aliphatic carbocycles. The number of aromatic nitrogens is 12. The number of nitrogens with one attached hydrogen (secondary N) is 8. The van der Waals surface area contributed by atoms with E-state index in [9.17, 15) is 8.78 Å². The summed E-state index contributed by atoms with van der Waals surface area (Å²) in [4.78, 5) is 32.1. The van der Waals surface area contributed by atoms with Gasteiger partial charge in [-0.1, -0.05) is 0 Å². The number of H-pyrrole nitrogens is 4. The van der Waals surface area contributed by atoms with E-state index in [2.05, 4.69) is 81.5 Å². The van der Waals surface area contributed by atoms with Crippen LogP contribution in [-0.4, -0.2) is 60.3 Å². The van der Waals surface area contributed by atoms with Crippen LogP contribution in [0.15, 0.2) is 73.3 Å². The lowest BCUT2D eigenvalue weighted by Crippen LogP contribution is -2.12. The molecule has 8 aromatic heterocycles. The van der Waals surface area contributed by atoms with E-state index < -0.39 is 11.6 Å². The normalized spacial score (nSPS) is 14.9. The van der Waals surface area contributed by atoms with Crippen molar-refractivity contribution in [2.24, 2.45) is 0 Å². The maximum atomic E-state index is 14.2. The van der Waals surface area contributed by atoms with Gasteiger partial charge in [-0.05, 0) is 75.9 Å². The molecule has 0 aliphatic heterocycles. The van der Waals surface area contributed by atoms with Crippen molar-refractivity contribution < 1.29 is 8.78 Å². The van der Waals surface area contributed by atoms with Crippen molar-refractivity contribution in [3.63, 3.8) is 0 Å². The van der Waals surface area contributed by atoms with Gasteiger partial charge in [0.1, 0.15) is 0 Å². The van der Waals surface area contributed by atoms with Crippen LogP contribution in [0.2, 0.25) is 0 Å². The number of hydrogen-bond acceptors (Lipinski definition) is 12. The number of halogens is 2. The zero-order chi connectivity index (χ0) is 38.2. The Morgan fingerprint density at radius 1 is 0.607 bits per heavy atom. The minimum Gasteiger partial charge on any atom is -0.360 e. The smallest absolute Gasteiger partial charge is 0.225 e. The maximum absolute atomic E-state index is 14.2. The Kier molecular flexibility index (Phi) is 9.12. The van der Waals surface area contributed by atoms with Gasteiger partial charge in [0.15, 0.2) is 34.9 Å². The van der Waals surface area contributed by atoms with E-state index in [4.69, 9.17) is 0 Å². The summed E-state index contributed by atoms with van der Waals surface area (Å²) in [6.45, 7) is 3.91. The highest BCUT2D eigenvalue weighted by molar-refractivity contribution is 5.75. The fourth-order valence-corrected chi connectivity index (χ4v) is 6.22. The first kappa shape index (κ1) is 34.8. The summed E-state index contributed by atoms with van der Waals surface area (Å²) in [5.74, 6) is 1.86. The van der Waals surface area contributed by atoms with Crippen molar-refractivity contribution in [2.75, 3.05) is 21.3 Å². The number of fused-ring (bicyclic) bond motifs is 2. The minimum absolute atomic E-state index is 0.0765. The van der Waals surface area contributed by atoms with Crippen LogP contribution >= 0.6 is 0 Å². The van der Waals surface area contributed by atoms with Gasteiger partial charge in [0.05, 0.1) is 57.9 Å². The summed E-state index contributed by atoms with van der Waals surface area (Å²) in [6, 6.07) is 15.1. The molecular weight excluding hydrogens is 719 g/mol. The van der Waals surface area contributed by atoms with Crippen LogP contribution in [0, 0.1) is 11.6 Å². The van der Waals surface area contributed by atoms with Crippen molar-refractivity contribution in [3.8, 4) is 0 Å². The SMILES string of the molecule is C[C@@H](Nc1ncc(F)c(Nc2cc(C3CC3)[nH]n2)n1)c1ccc2[nH]ccc2n1.C[C@H](Nc1ncc(F)c(Nc2cc(C3CC3)[nH]n2)n1)c1ccc2[nH]ccc2n1. The minimum atomic E-state index is -0.541. The van der Waals surface area contributed by atoms with E-state index in [0.29, 0.717) is 35.4 Å². The molecule has 8 aromatic rings. The Morgan fingerprint density at radius 3 is 1.48 bits per heavy atom. The molecule has 16 nitrogen and oxygen atoms in total. The molecule has 0 spiro atoms. The Hall–Kier alpha value is -6.98. The van der Waals surface area contributed by atoms with Crippen molar-refractivity contribution in [1.82, 2.24) is 60.3 Å². The monoisotopic (exact) mass is 756 g/mol. The lowest BCUT2D eigenvalue weighted by Gasteiger charge is -2.14. The highest BCUT2D eigenvalue weighted by Gasteiger charge is 2.27. The molecular formula is C38H38F2N16. The highest BCUT2D eigenvalue weighted by Crippen LogP contribution is 2.40. The number of hydrogen-bond donors (Lipinski definition) is 8. The first-order chi connectivity index (χ1) is 27.3. The van der Waals surface area contributed by atoms with E-state index in [1.54, 1.807) is 0 Å². The van der Waals surface area contributed by atoms with Gasteiger partial charge in [-0.25, -0.2) is 28.7 Å². The summed E-state index contributed by atoms with van der Waals surface area (Å²) in [7, 11) is 0. The van der Waals surface area contributed by atoms with Gasteiger partial charge in [0.25, 0.3) is 0 Å². The molecule has 8 N–H and O–H groups in total. The summed E-state index contributed by atoms with van der Waals surface area (Å²) >= 11 is 0. The summed E-state index contributed by atoms with van der Waals surface area (Å²) in [5.41, 5.74) is 7.55. The third-order valence-corrected chi connectivity index (χ3v) is 9.64. The van der Waals surface area contributed by atoms with Crippen LogP contribution in [-0.2, 0) is 0 Å². The van der Waals surface area contributed by atoms with Gasteiger partial charge >= 0.3 is 0 Å². The highest BCUT2D eigenvalue weighted by atomic mass is 19.1. The molecule has 2 atom stereocenters. The number of rotatable bonds is 12. The zero-order valence-electron chi connectivity index (χ0n) is 30.4. The van der Waals surface area contributed by atoms with Crippen LogP contribution in [0.3, 0.4) is 0 Å². The second-order valence-corrected chi connectivity index (χ2v) is 14.0. The Morgan fingerprint density at radius 2 is 1.05 bits per heavy atom. The Bertz CT molecular complexity index is 2440. The number of nitrogens with zero attached hydrogens (tertiary/aromatic N) is 8. The van der Waals surface area contributed by atoms with Crippen molar-refractivity contribution >= 4 is 57.2 Å². The molecule has 18 heteroatoms. The molecule has 56 heavy (non-hydrogen) atoms. The van der Waals surface area contributed by atoms with Crippen molar-refractivity contribution in [1.29, 1.82) is 0 Å². The molecule has 0 aromatic carbocycles. The van der Waals surface area contributed by atoms with Gasteiger partial charge in [0, 0.05) is 47.8 Å². The second kappa shape index (κ2) is 14.7. The molecule has 284 valence electrons. The van der Waals surface area contributed by atoms with Crippen molar-refractivity contribution in [2.45, 2.75) is 63.5 Å².